The van der Waals surface area contributed by atoms with Crippen LogP contribution in [-0.2, 0) is 6.42 Å². The first-order valence-corrected chi connectivity index (χ1v) is 5.33. The zero-order valence-electron chi connectivity index (χ0n) is 8.39. The van der Waals surface area contributed by atoms with Gasteiger partial charge in [-0.05, 0) is 23.8 Å². The van der Waals surface area contributed by atoms with Crippen LogP contribution in [0.15, 0.2) is 30.3 Å². The Morgan fingerprint density at radius 1 is 1.23 bits per heavy atom. The van der Waals surface area contributed by atoms with Crippen molar-refractivity contribution >= 4 is 11.6 Å². The Morgan fingerprint density at radius 3 is 2.31 bits per heavy atom. The molecular formula is C12H17Cl. The van der Waals surface area contributed by atoms with E-state index in [1.54, 1.807) is 0 Å². The van der Waals surface area contributed by atoms with Gasteiger partial charge in [-0.25, -0.2) is 0 Å². The third kappa shape index (κ3) is 3.04. The average Bonchev–Trinajstić information content (AvgIpc) is 2.19. The molecule has 1 aromatic carbocycles. The molecule has 13 heavy (non-hydrogen) atoms. The normalized spacial score (nSPS) is 15.3. The summed E-state index contributed by atoms with van der Waals surface area (Å²) in [4.78, 5) is 0. The lowest BCUT2D eigenvalue weighted by atomic mass is 9.83. The standard InChI is InChI=1S/C12H17Cl/c1-3-12(2,10-13)9-11-7-5-4-6-8-11/h4-8H,3,9-10H2,1-2H3. The highest BCUT2D eigenvalue weighted by molar-refractivity contribution is 6.18. The van der Waals surface area contributed by atoms with Gasteiger partial charge in [0.25, 0.3) is 0 Å². The molecule has 1 unspecified atom stereocenters. The molecule has 0 aliphatic rings. The Bertz CT molecular complexity index is 237. The maximum absolute atomic E-state index is 5.96. The predicted octanol–water partition coefficient (Wildman–Crippen LogP) is 3.88. The van der Waals surface area contributed by atoms with E-state index in [1.165, 1.54) is 5.56 Å². The molecule has 0 spiro atoms. The largest absolute Gasteiger partial charge is 0.126 e. The summed E-state index contributed by atoms with van der Waals surface area (Å²) in [6.07, 6.45) is 2.21. The Balaban J connectivity index is 2.68. The second kappa shape index (κ2) is 4.66. The topological polar surface area (TPSA) is 0 Å². The van der Waals surface area contributed by atoms with Gasteiger partial charge >= 0.3 is 0 Å². The quantitative estimate of drug-likeness (QED) is 0.642. The number of halogens is 1. The van der Waals surface area contributed by atoms with Gasteiger partial charge in [0.05, 0.1) is 0 Å². The van der Waals surface area contributed by atoms with Crippen molar-refractivity contribution in [3.05, 3.63) is 35.9 Å². The first-order valence-electron chi connectivity index (χ1n) is 4.80. The highest BCUT2D eigenvalue weighted by Gasteiger charge is 2.20. The zero-order valence-corrected chi connectivity index (χ0v) is 9.14. The van der Waals surface area contributed by atoms with Crippen molar-refractivity contribution in [2.75, 3.05) is 5.88 Å². The third-order valence-corrected chi connectivity index (χ3v) is 3.30. The van der Waals surface area contributed by atoms with Crippen molar-refractivity contribution in [1.82, 2.24) is 0 Å². The zero-order chi connectivity index (χ0) is 9.73. The van der Waals surface area contributed by atoms with Crippen LogP contribution in [0.1, 0.15) is 25.8 Å². The van der Waals surface area contributed by atoms with Crippen molar-refractivity contribution in [2.24, 2.45) is 5.41 Å². The molecule has 72 valence electrons. The van der Waals surface area contributed by atoms with Gasteiger partial charge in [0.2, 0.25) is 0 Å². The van der Waals surface area contributed by atoms with E-state index in [9.17, 15) is 0 Å². The van der Waals surface area contributed by atoms with E-state index in [0.29, 0.717) is 0 Å². The van der Waals surface area contributed by atoms with Gasteiger partial charge in [0, 0.05) is 5.88 Å². The Labute approximate surface area is 85.9 Å². The SMILES string of the molecule is CCC(C)(CCl)Cc1ccccc1. The summed E-state index contributed by atoms with van der Waals surface area (Å²) in [5, 5.41) is 0. The van der Waals surface area contributed by atoms with Crippen LogP contribution in [-0.4, -0.2) is 5.88 Å². The van der Waals surface area contributed by atoms with Gasteiger partial charge in [-0.15, -0.1) is 11.6 Å². The van der Waals surface area contributed by atoms with Gasteiger partial charge in [-0.1, -0.05) is 44.2 Å². The van der Waals surface area contributed by atoms with E-state index in [4.69, 9.17) is 11.6 Å². The third-order valence-electron chi connectivity index (χ3n) is 2.65. The Morgan fingerprint density at radius 2 is 1.85 bits per heavy atom. The summed E-state index contributed by atoms with van der Waals surface area (Å²) < 4.78 is 0. The van der Waals surface area contributed by atoms with Crippen LogP contribution in [0.5, 0.6) is 0 Å². The smallest absolute Gasteiger partial charge is 0.0280 e. The molecule has 0 N–H and O–H groups in total. The molecule has 0 aromatic heterocycles. The first-order chi connectivity index (χ1) is 6.20. The van der Waals surface area contributed by atoms with Crippen molar-refractivity contribution < 1.29 is 0 Å². The predicted molar refractivity (Wildman–Crippen MR) is 59.3 cm³/mol. The fourth-order valence-electron chi connectivity index (χ4n) is 1.36. The Hall–Kier alpha value is -0.490. The molecular weight excluding hydrogens is 180 g/mol. The number of rotatable bonds is 4. The van der Waals surface area contributed by atoms with Crippen molar-refractivity contribution in [3.8, 4) is 0 Å². The molecule has 0 bridgehead atoms. The van der Waals surface area contributed by atoms with Crippen molar-refractivity contribution in [3.63, 3.8) is 0 Å². The van der Waals surface area contributed by atoms with Crippen LogP contribution >= 0.6 is 11.6 Å². The molecule has 0 fully saturated rings. The first kappa shape index (κ1) is 10.6. The molecule has 1 atom stereocenters. The maximum atomic E-state index is 5.96. The second-order valence-corrected chi connectivity index (χ2v) is 4.23. The summed E-state index contributed by atoms with van der Waals surface area (Å²) in [6.45, 7) is 4.44. The summed E-state index contributed by atoms with van der Waals surface area (Å²) in [5.41, 5.74) is 1.63. The van der Waals surface area contributed by atoms with Gasteiger partial charge in [-0.2, -0.15) is 0 Å². The van der Waals surface area contributed by atoms with Gasteiger partial charge in [0.15, 0.2) is 0 Å². The number of benzene rings is 1. The lowest BCUT2D eigenvalue weighted by molar-refractivity contribution is 0.355. The van der Waals surface area contributed by atoms with E-state index < -0.39 is 0 Å². The monoisotopic (exact) mass is 196 g/mol. The molecule has 0 radical (unpaired) electrons. The minimum atomic E-state index is 0.253. The van der Waals surface area contributed by atoms with Gasteiger partial charge in [0.1, 0.15) is 0 Å². The summed E-state index contributed by atoms with van der Waals surface area (Å²) in [7, 11) is 0. The summed E-state index contributed by atoms with van der Waals surface area (Å²) in [5.74, 6) is 0.735. The van der Waals surface area contributed by atoms with Gasteiger partial charge < -0.3 is 0 Å². The molecule has 0 heterocycles. The van der Waals surface area contributed by atoms with Crippen molar-refractivity contribution in [1.29, 1.82) is 0 Å². The average molecular weight is 197 g/mol. The number of hydrogen-bond acceptors (Lipinski definition) is 0. The van der Waals surface area contributed by atoms with E-state index >= 15 is 0 Å². The molecule has 0 aliphatic carbocycles. The number of alkyl halides is 1. The lowest BCUT2D eigenvalue weighted by Crippen LogP contribution is -2.20. The van der Waals surface area contributed by atoms with Crippen LogP contribution in [0.3, 0.4) is 0 Å². The maximum Gasteiger partial charge on any atom is 0.0280 e. The fraction of sp³-hybridized carbons (Fsp3) is 0.500. The minimum Gasteiger partial charge on any atom is -0.126 e. The molecule has 1 rings (SSSR count). The minimum absolute atomic E-state index is 0.253. The molecule has 1 aromatic rings. The Kier molecular flexibility index (Phi) is 3.80. The molecule has 0 saturated heterocycles. The molecule has 1 heteroatoms. The van der Waals surface area contributed by atoms with E-state index in [0.717, 1.165) is 18.7 Å². The lowest BCUT2D eigenvalue weighted by Gasteiger charge is -2.25. The highest BCUT2D eigenvalue weighted by Crippen LogP contribution is 2.27. The molecule has 0 aliphatic heterocycles. The highest BCUT2D eigenvalue weighted by atomic mass is 35.5. The van der Waals surface area contributed by atoms with E-state index in [2.05, 4.69) is 38.1 Å². The van der Waals surface area contributed by atoms with E-state index in [1.807, 2.05) is 6.07 Å². The van der Waals surface area contributed by atoms with Crippen LogP contribution < -0.4 is 0 Å². The van der Waals surface area contributed by atoms with Gasteiger partial charge in [-0.3, -0.25) is 0 Å². The van der Waals surface area contributed by atoms with Crippen LogP contribution in [0.25, 0.3) is 0 Å². The van der Waals surface area contributed by atoms with Crippen LogP contribution in [0.4, 0.5) is 0 Å². The number of hydrogen-bond donors (Lipinski definition) is 0. The fourth-order valence-corrected chi connectivity index (χ4v) is 1.64. The van der Waals surface area contributed by atoms with Crippen LogP contribution in [0.2, 0.25) is 0 Å². The summed E-state index contributed by atoms with van der Waals surface area (Å²) >= 11 is 5.96. The molecule has 0 amide bonds. The van der Waals surface area contributed by atoms with E-state index in [-0.39, 0.29) is 5.41 Å². The van der Waals surface area contributed by atoms with Crippen molar-refractivity contribution in [2.45, 2.75) is 26.7 Å². The summed E-state index contributed by atoms with van der Waals surface area (Å²) in [6, 6.07) is 10.5. The van der Waals surface area contributed by atoms with Crippen LogP contribution in [0, 0.1) is 5.41 Å². The molecule has 0 nitrogen and oxygen atoms in total. The molecule has 0 saturated carbocycles. The second-order valence-electron chi connectivity index (χ2n) is 3.96.